The smallest absolute Gasteiger partial charge is 0.509 e. The average molecular weight is 667 g/mol. The molecular weight excluding hydrogens is 635 g/mol. The molecule has 5 nitrogen and oxygen atoms in total. The van der Waals surface area contributed by atoms with E-state index in [9.17, 15) is 0 Å². The number of hydrogen-bond donors (Lipinski definition) is 0. The van der Waals surface area contributed by atoms with E-state index < -0.39 is 0 Å². The predicted octanol–water partition coefficient (Wildman–Crippen LogP) is 9.47. The number of nitrogens with zero attached hydrogens (tertiary/aromatic N) is 4. The largest absolute Gasteiger partial charge is 2.00 e. The molecule has 0 amide bonds. The van der Waals surface area contributed by atoms with E-state index in [0.717, 1.165) is 67.0 Å². The van der Waals surface area contributed by atoms with E-state index in [1.54, 1.807) is 0 Å². The van der Waals surface area contributed by atoms with Crippen molar-refractivity contribution in [3.05, 3.63) is 132 Å². The molecule has 0 saturated carbocycles. The second-order valence-corrected chi connectivity index (χ2v) is 11.4. The monoisotopic (exact) mass is 666 g/mol. The van der Waals surface area contributed by atoms with Crippen LogP contribution in [0, 0.1) is 32.9 Å². The van der Waals surface area contributed by atoms with Gasteiger partial charge >= 0.3 is 20.4 Å². The van der Waals surface area contributed by atoms with Gasteiger partial charge in [0, 0.05) is 34.5 Å². The van der Waals surface area contributed by atoms with E-state index in [-0.39, 0.29) is 20.4 Å². The first kappa shape index (κ1) is 29.6. The summed E-state index contributed by atoms with van der Waals surface area (Å²) in [5, 5.41) is 7.19. The maximum Gasteiger partial charge on any atom is 2.00 e. The standard InChI is InChI=1S/C38H32N4O.Pd/c1-24(2)29-20-30(42-27(5)38(26(4)40-42)28-11-7-6-8-12-28)22-32(21-29)43-31-15-16-34-33-13-9-10-14-35(33)41(36(34)23-31)37-19-25(3)17-18-39-37;/h6-21,24H,1-5H3;/q-2;+2. The van der Waals surface area contributed by atoms with E-state index in [4.69, 9.17) is 14.8 Å². The van der Waals surface area contributed by atoms with Crippen molar-refractivity contribution in [1.29, 1.82) is 0 Å². The Bertz CT molecular complexity index is 2120. The Balaban J connectivity index is 0.00000343. The molecule has 44 heavy (non-hydrogen) atoms. The summed E-state index contributed by atoms with van der Waals surface area (Å²) < 4.78 is 10.7. The normalized spacial score (nSPS) is 11.3. The van der Waals surface area contributed by atoms with Gasteiger partial charge in [0.15, 0.2) is 0 Å². The summed E-state index contributed by atoms with van der Waals surface area (Å²) in [4.78, 5) is 4.70. The van der Waals surface area contributed by atoms with Gasteiger partial charge in [-0.25, -0.2) is 4.98 Å². The molecule has 0 aliphatic heterocycles. The predicted molar refractivity (Wildman–Crippen MR) is 174 cm³/mol. The number of hydrogen-bond acceptors (Lipinski definition) is 3. The van der Waals surface area contributed by atoms with E-state index in [1.807, 2.05) is 29.1 Å². The molecule has 3 aromatic heterocycles. The summed E-state index contributed by atoms with van der Waals surface area (Å²) in [6, 6.07) is 38.3. The van der Waals surface area contributed by atoms with Gasteiger partial charge in [0.2, 0.25) is 0 Å². The first-order valence-corrected chi connectivity index (χ1v) is 14.6. The second kappa shape index (κ2) is 11.9. The Morgan fingerprint density at radius 1 is 0.773 bits per heavy atom. The van der Waals surface area contributed by atoms with Crippen LogP contribution in [0.15, 0.2) is 97.2 Å². The molecule has 0 bridgehead atoms. The molecule has 0 saturated heterocycles. The van der Waals surface area contributed by atoms with Crippen LogP contribution >= 0.6 is 0 Å². The first-order valence-electron chi connectivity index (χ1n) is 14.6. The number of aryl methyl sites for hydroxylation is 2. The number of ether oxygens (including phenoxy) is 1. The van der Waals surface area contributed by atoms with Crippen LogP contribution in [-0.2, 0) is 20.4 Å². The molecule has 0 aliphatic carbocycles. The van der Waals surface area contributed by atoms with Crippen LogP contribution < -0.4 is 4.74 Å². The van der Waals surface area contributed by atoms with Crippen molar-refractivity contribution < 1.29 is 25.2 Å². The third-order valence-corrected chi connectivity index (χ3v) is 8.01. The third-order valence-electron chi connectivity index (χ3n) is 8.01. The maximum atomic E-state index is 6.53. The van der Waals surface area contributed by atoms with E-state index >= 15 is 0 Å². The zero-order valence-electron chi connectivity index (χ0n) is 25.3. The van der Waals surface area contributed by atoms with Crippen molar-refractivity contribution in [2.45, 2.75) is 40.5 Å². The van der Waals surface area contributed by atoms with Crippen LogP contribution in [0.5, 0.6) is 11.5 Å². The zero-order valence-corrected chi connectivity index (χ0v) is 26.9. The zero-order chi connectivity index (χ0) is 29.7. The second-order valence-electron chi connectivity index (χ2n) is 11.4. The number of pyridine rings is 1. The molecule has 0 N–H and O–H groups in total. The fraction of sp³-hybridized carbons (Fsp3) is 0.158. The van der Waals surface area contributed by atoms with Crippen LogP contribution in [0.25, 0.3) is 44.4 Å². The van der Waals surface area contributed by atoms with Gasteiger partial charge in [-0.3, -0.25) is 4.68 Å². The van der Waals surface area contributed by atoms with Crippen molar-refractivity contribution in [1.82, 2.24) is 19.3 Å². The van der Waals surface area contributed by atoms with E-state index in [0.29, 0.717) is 17.4 Å². The Morgan fingerprint density at radius 2 is 1.55 bits per heavy atom. The van der Waals surface area contributed by atoms with E-state index in [2.05, 4.69) is 124 Å². The molecule has 6 heteroatoms. The Kier molecular flexibility index (Phi) is 7.99. The molecule has 7 rings (SSSR count). The van der Waals surface area contributed by atoms with Crippen LogP contribution in [0.3, 0.4) is 0 Å². The Hall–Kier alpha value is -4.50. The molecule has 3 heterocycles. The summed E-state index contributed by atoms with van der Waals surface area (Å²) >= 11 is 0. The number of rotatable bonds is 6. The van der Waals surface area contributed by atoms with E-state index in [1.165, 1.54) is 0 Å². The van der Waals surface area contributed by atoms with Gasteiger partial charge < -0.3 is 9.30 Å². The van der Waals surface area contributed by atoms with Crippen LogP contribution in [0.4, 0.5) is 0 Å². The molecule has 220 valence electrons. The quantitative estimate of drug-likeness (QED) is 0.131. The van der Waals surface area contributed by atoms with Gasteiger partial charge in [0.05, 0.1) is 5.69 Å². The van der Waals surface area contributed by atoms with Crippen molar-refractivity contribution in [2.75, 3.05) is 0 Å². The average Bonchev–Trinajstić information content (AvgIpc) is 3.50. The van der Waals surface area contributed by atoms with Crippen LogP contribution in [0.1, 0.15) is 42.3 Å². The molecular formula is C38H32N4OPd. The molecule has 0 aliphatic rings. The van der Waals surface area contributed by atoms with Gasteiger partial charge in [-0.2, -0.15) is 11.2 Å². The first-order chi connectivity index (χ1) is 20.9. The number of aromatic nitrogens is 4. The number of fused-ring (bicyclic) bond motifs is 3. The third kappa shape index (κ3) is 5.26. The fourth-order valence-corrected chi connectivity index (χ4v) is 5.88. The minimum atomic E-state index is 0. The molecule has 0 atom stereocenters. The topological polar surface area (TPSA) is 44.9 Å². The van der Waals surface area contributed by atoms with Crippen molar-refractivity contribution in [3.8, 4) is 34.1 Å². The summed E-state index contributed by atoms with van der Waals surface area (Å²) in [6.07, 6.45) is 1.85. The maximum absolute atomic E-state index is 6.53. The fourth-order valence-electron chi connectivity index (χ4n) is 5.88. The van der Waals surface area contributed by atoms with Gasteiger partial charge in [-0.1, -0.05) is 67.9 Å². The van der Waals surface area contributed by atoms with Crippen LogP contribution in [0.2, 0.25) is 0 Å². The molecule has 0 fully saturated rings. The minimum absolute atomic E-state index is 0. The number of benzene rings is 4. The van der Waals surface area contributed by atoms with Gasteiger partial charge in [-0.15, -0.1) is 41.3 Å². The molecule has 0 spiro atoms. The number of para-hydroxylation sites is 1. The summed E-state index contributed by atoms with van der Waals surface area (Å²) in [5.74, 6) is 2.39. The van der Waals surface area contributed by atoms with Gasteiger partial charge in [0.25, 0.3) is 0 Å². The Morgan fingerprint density at radius 3 is 2.32 bits per heavy atom. The molecule has 0 unspecified atom stereocenters. The summed E-state index contributed by atoms with van der Waals surface area (Å²) in [7, 11) is 0. The molecule has 4 aromatic carbocycles. The molecule has 0 radical (unpaired) electrons. The van der Waals surface area contributed by atoms with Crippen LogP contribution in [-0.4, -0.2) is 19.3 Å². The Labute approximate surface area is 271 Å². The summed E-state index contributed by atoms with van der Waals surface area (Å²) in [5.41, 5.74) is 9.49. The van der Waals surface area contributed by atoms with Crippen molar-refractivity contribution in [3.63, 3.8) is 0 Å². The summed E-state index contributed by atoms with van der Waals surface area (Å²) in [6.45, 7) is 10.6. The van der Waals surface area contributed by atoms with Crippen molar-refractivity contribution in [2.24, 2.45) is 0 Å². The van der Waals surface area contributed by atoms with Crippen molar-refractivity contribution >= 4 is 21.8 Å². The van der Waals surface area contributed by atoms with Gasteiger partial charge in [0.1, 0.15) is 5.82 Å². The minimum Gasteiger partial charge on any atom is -0.509 e. The SMILES string of the molecule is Cc1ccnc(-n2c3[c-]c(Oc4[c-]c(-n5nc(C)c(-c6ccccc6)c5C)cc(C(C)C)c4)ccc3c3ccccc32)c1.[Pd+2]. The molecule has 7 aromatic rings. The van der Waals surface area contributed by atoms with Gasteiger partial charge in [-0.05, 0) is 67.1 Å².